The number of ether oxygens (including phenoxy) is 1. The van der Waals surface area contributed by atoms with Crippen molar-refractivity contribution in [1.82, 2.24) is 5.32 Å². The van der Waals surface area contributed by atoms with Gasteiger partial charge < -0.3 is 20.6 Å². The molecule has 0 radical (unpaired) electrons. The standard InChI is InChI=1S/C21H22Cl2N2O3/c1-2-28-19-11-25-20(27)10-17(13-4-3-5-14(22)8-13)21(19,12-26)16-7-6-15(23)9-18(16)24/h3-9,12,17,19H,2,10-11,24H2,1H3,(H,25,27)/t17-,19-,21+/m1/s1. The molecule has 7 heteroatoms. The van der Waals surface area contributed by atoms with Gasteiger partial charge in [-0.1, -0.05) is 41.4 Å². The summed E-state index contributed by atoms with van der Waals surface area (Å²) in [4.78, 5) is 25.3. The molecule has 0 aromatic heterocycles. The van der Waals surface area contributed by atoms with Crippen molar-refractivity contribution in [2.75, 3.05) is 18.9 Å². The van der Waals surface area contributed by atoms with E-state index in [9.17, 15) is 9.59 Å². The zero-order valence-corrected chi connectivity index (χ0v) is 17.0. The van der Waals surface area contributed by atoms with Crippen molar-refractivity contribution in [3.63, 3.8) is 0 Å². The van der Waals surface area contributed by atoms with Crippen molar-refractivity contribution in [3.8, 4) is 0 Å². The first-order chi connectivity index (χ1) is 13.4. The van der Waals surface area contributed by atoms with E-state index in [0.29, 0.717) is 27.9 Å². The van der Waals surface area contributed by atoms with Crippen LogP contribution in [0, 0.1) is 0 Å². The molecule has 0 aliphatic carbocycles. The number of rotatable bonds is 5. The Bertz CT molecular complexity index is 890. The number of anilines is 1. The maximum Gasteiger partial charge on any atom is 0.220 e. The quantitative estimate of drug-likeness (QED) is 0.570. The van der Waals surface area contributed by atoms with Gasteiger partial charge in [-0.2, -0.15) is 0 Å². The monoisotopic (exact) mass is 420 g/mol. The largest absolute Gasteiger partial charge is 0.398 e. The van der Waals surface area contributed by atoms with Crippen molar-refractivity contribution in [2.24, 2.45) is 0 Å². The Morgan fingerprint density at radius 2 is 2.00 bits per heavy atom. The number of carbonyl (C=O) groups excluding carboxylic acids is 2. The highest BCUT2D eigenvalue weighted by Gasteiger charge is 2.51. The highest BCUT2D eigenvalue weighted by atomic mass is 35.5. The van der Waals surface area contributed by atoms with E-state index in [4.69, 9.17) is 33.7 Å². The van der Waals surface area contributed by atoms with Crippen LogP contribution in [0.5, 0.6) is 0 Å². The molecule has 1 heterocycles. The summed E-state index contributed by atoms with van der Waals surface area (Å²) in [6.45, 7) is 2.43. The number of hydrogen-bond acceptors (Lipinski definition) is 4. The Kier molecular flexibility index (Phi) is 6.28. The van der Waals surface area contributed by atoms with Gasteiger partial charge in [0.05, 0.1) is 11.5 Å². The number of aldehydes is 1. The van der Waals surface area contributed by atoms with E-state index < -0.39 is 17.4 Å². The molecule has 3 rings (SSSR count). The molecule has 1 amide bonds. The molecule has 0 bridgehead atoms. The van der Waals surface area contributed by atoms with Crippen LogP contribution in [-0.2, 0) is 19.7 Å². The van der Waals surface area contributed by atoms with E-state index in [-0.39, 0.29) is 18.9 Å². The van der Waals surface area contributed by atoms with Gasteiger partial charge >= 0.3 is 0 Å². The molecule has 0 saturated carbocycles. The zero-order valence-electron chi connectivity index (χ0n) is 15.5. The summed E-state index contributed by atoms with van der Waals surface area (Å²) >= 11 is 12.3. The predicted octanol–water partition coefficient (Wildman–Crippen LogP) is 3.72. The first-order valence-corrected chi connectivity index (χ1v) is 9.83. The summed E-state index contributed by atoms with van der Waals surface area (Å²) in [6.07, 6.45) is 0.359. The minimum atomic E-state index is -1.19. The molecule has 3 atom stereocenters. The fraction of sp³-hybridized carbons (Fsp3) is 0.333. The fourth-order valence-corrected chi connectivity index (χ4v) is 4.43. The molecule has 1 fully saturated rings. The Hall–Kier alpha value is -2.08. The van der Waals surface area contributed by atoms with E-state index in [0.717, 1.165) is 11.8 Å². The first-order valence-electron chi connectivity index (χ1n) is 9.08. The van der Waals surface area contributed by atoms with Crippen LogP contribution in [0.15, 0.2) is 42.5 Å². The van der Waals surface area contributed by atoms with Crippen LogP contribution in [0.4, 0.5) is 5.69 Å². The Labute approximate surface area is 174 Å². The maximum absolute atomic E-state index is 12.8. The molecular weight excluding hydrogens is 399 g/mol. The third-order valence-electron chi connectivity index (χ3n) is 5.28. The highest BCUT2D eigenvalue weighted by molar-refractivity contribution is 6.31. The molecule has 2 aromatic carbocycles. The van der Waals surface area contributed by atoms with Crippen LogP contribution in [-0.4, -0.2) is 31.4 Å². The van der Waals surface area contributed by atoms with Gasteiger partial charge in [0, 0.05) is 41.2 Å². The molecule has 2 aromatic rings. The second-order valence-corrected chi connectivity index (χ2v) is 7.72. The van der Waals surface area contributed by atoms with Crippen molar-refractivity contribution in [3.05, 3.63) is 63.6 Å². The summed E-state index contributed by atoms with van der Waals surface area (Å²) in [5, 5.41) is 3.86. The zero-order chi connectivity index (χ0) is 20.3. The number of halogens is 2. The molecule has 148 valence electrons. The molecule has 28 heavy (non-hydrogen) atoms. The van der Waals surface area contributed by atoms with Gasteiger partial charge in [0.25, 0.3) is 0 Å². The maximum atomic E-state index is 12.8. The van der Waals surface area contributed by atoms with Crippen LogP contribution in [0.3, 0.4) is 0 Å². The first kappa shape index (κ1) is 20.6. The summed E-state index contributed by atoms with van der Waals surface area (Å²) in [6, 6.07) is 12.2. The smallest absolute Gasteiger partial charge is 0.220 e. The van der Waals surface area contributed by atoms with E-state index in [1.807, 2.05) is 13.0 Å². The lowest BCUT2D eigenvalue weighted by Gasteiger charge is -2.41. The van der Waals surface area contributed by atoms with Crippen molar-refractivity contribution in [1.29, 1.82) is 0 Å². The summed E-state index contributed by atoms with van der Waals surface area (Å²) in [7, 11) is 0. The van der Waals surface area contributed by atoms with Gasteiger partial charge in [0.2, 0.25) is 5.91 Å². The van der Waals surface area contributed by atoms with Crippen molar-refractivity contribution in [2.45, 2.75) is 30.8 Å². The van der Waals surface area contributed by atoms with Gasteiger partial charge in [-0.25, -0.2) is 0 Å². The van der Waals surface area contributed by atoms with Gasteiger partial charge in [-0.3, -0.25) is 4.79 Å². The molecule has 1 saturated heterocycles. The molecule has 1 aliphatic rings. The third kappa shape index (κ3) is 3.75. The Balaban J connectivity index is 2.30. The Morgan fingerprint density at radius 1 is 1.25 bits per heavy atom. The number of nitrogens with two attached hydrogens (primary N) is 1. The summed E-state index contributed by atoms with van der Waals surface area (Å²) in [5.74, 6) is -0.669. The second-order valence-electron chi connectivity index (χ2n) is 6.84. The Morgan fingerprint density at radius 3 is 2.64 bits per heavy atom. The number of nitrogens with one attached hydrogen (secondary N) is 1. The fourth-order valence-electron chi connectivity index (χ4n) is 4.05. The minimum absolute atomic E-state index is 0.102. The molecule has 1 aliphatic heterocycles. The summed E-state index contributed by atoms with van der Waals surface area (Å²) in [5.41, 5.74) is 6.85. The lowest BCUT2D eigenvalue weighted by Crippen LogP contribution is -2.50. The SMILES string of the molecule is CCO[C@@H]1CNC(=O)C[C@H](c2cccc(Cl)c2)[C@]1(C=O)c1ccc(Cl)cc1N. The molecule has 3 N–H and O–H groups in total. The van der Waals surface area contributed by atoms with E-state index in [1.165, 1.54) is 0 Å². The van der Waals surface area contributed by atoms with Crippen LogP contribution in [0.2, 0.25) is 10.0 Å². The normalized spacial score (nSPS) is 25.0. The van der Waals surface area contributed by atoms with Gasteiger partial charge in [0.1, 0.15) is 6.29 Å². The average molecular weight is 421 g/mol. The number of benzene rings is 2. The second kappa shape index (κ2) is 8.52. The summed E-state index contributed by atoms with van der Waals surface area (Å²) < 4.78 is 5.97. The van der Waals surface area contributed by atoms with E-state index in [2.05, 4.69) is 5.32 Å². The van der Waals surface area contributed by atoms with Crippen LogP contribution in [0.25, 0.3) is 0 Å². The number of hydrogen-bond donors (Lipinski definition) is 2. The number of carbonyl (C=O) groups is 2. The number of nitrogen functional groups attached to an aromatic ring is 1. The van der Waals surface area contributed by atoms with Crippen LogP contribution in [0.1, 0.15) is 30.4 Å². The lowest BCUT2D eigenvalue weighted by atomic mass is 9.64. The van der Waals surface area contributed by atoms with Gasteiger partial charge in [0.15, 0.2) is 0 Å². The van der Waals surface area contributed by atoms with Crippen molar-refractivity contribution >= 4 is 41.1 Å². The van der Waals surface area contributed by atoms with E-state index >= 15 is 0 Å². The molecule has 0 spiro atoms. The molecular formula is C21H22Cl2N2O3. The van der Waals surface area contributed by atoms with Crippen molar-refractivity contribution < 1.29 is 14.3 Å². The topological polar surface area (TPSA) is 81.4 Å². The van der Waals surface area contributed by atoms with Gasteiger partial charge in [-0.05, 0) is 42.3 Å². The van der Waals surface area contributed by atoms with Gasteiger partial charge in [-0.15, -0.1) is 0 Å². The van der Waals surface area contributed by atoms with Crippen LogP contribution >= 0.6 is 23.2 Å². The third-order valence-corrected chi connectivity index (χ3v) is 5.75. The predicted molar refractivity (Wildman–Crippen MR) is 111 cm³/mol. The lowest BCUT2D eigenvalue weighted by molar-refractivity contribution is -0.121. The average Bonchev–Trinajstić information content (AvgIpc) is 2.80. The molecule has 0 unspecified atom stereocenters. The minimum Gasteiger partial charge on any atom is -0.398 e. The highest BCUT2D eigenvalue weighted by Crippen LogP contribution is 2.47. The van der Waals surface area contributed by atoms with E-state index in [1.54, 1.807) is 36.4 Å². The van der Waals surface area contributed by atoms with Crippen LogP contribution < -0.4 is 11.1 Å². The number of amides is 1. The molecule has 5 nitrogen and oxygen atoms in total.